The molecular weight excluding hydrogens is 236 g/mol. The number of hydrogen-bond acceptors (Lipinski definition) is 3. The van der Waals surface area contributed by atoms with Crippen LogP contribution in [0.25, 0.3) is 0 Å². The van der Waals surface area contributed by atoms with Crippen LogP contribution in [0.2, 0.25) is 0 Å². The van der Waals surface area contributed by atoms with Gasteiger partial charge in [-0.1, -0.05) is 27.2 Å². The molecule has 114 valence electrons. The lowest BCUT2D eigenvalue weighted by Crippen LogP contribution is -2.57. The fraction of sp³-hybridized carbons (Fsp3) is 1.00. The van der Waals surface area contributed by atoms with Crippen LogP contribution in [0, 0.1) is 11.8 Å². The largest absolute Gasteiger partial charge is 0.384 e. The summed E-state index contributed by atoms with van der Waals surface area (Å²) in [5, 5.41) is 0. The molecule has 1 aliphatic rings. The topological polar surface area (TPSA) is 38.5 Å². The molecule has 1 saturated heterocycles. The van der Waals surface area contributed by atoms with Crippen LogP contribution in [-0.4, -0.2) is 43.8 Å². The van der Waals surface area contributed by atoms with Crippen molar-refractivity contribution < 1.29 is 4.74 Å². The summed E-state index contributed by atoms with van der Waals surface area (Å²) in [6.07, 6.45) is 6.23. The van der Waals surface area contributed by atoms with E-state index in [2.05, 4.69) is 25.7 Å². The average molecular weight is 270 g/mol. The first-order valence-electron chi connectivity index (χ1n) is 8.05. The minimum atomic E-state index is 0.210. The van der Waals surface area contributed by atoms with Crippen LogP contribution in [0.3, 0.4) is 0 Å². The minimum Gasteiger partial charge on any atom is -0.384 e. The second-order valence-electron chi connectivity index (χ2n) is 6.41. The number of nitrogens with two attached hydrogens (primary N) is 1. The Morgan fingerprint density at radius 1 is 1.42 bits per heavy atom. The van der Waals surface area contributed by atoms with Gasteiger partial charge in [-0.2, -0.15) is 0 Å². The first kappa shape index (κ1) is 16.9. The smallest absolute Gasteiger partial charge is 0.0502 e. The number of hydrogen-bond donors (Lipinski definition) is 1. The van der Waals surface area contributed by atoms with Crippen LogP contribution in [0.4, 0.5) is 0 Å². The van der Waals surface area contributed by atoms with E-state index in [4.69, 9.17) is 10.5 Å². The molecule has 1 aliphatic heterocycles. The lowest BCUT2D eigenvalue weighted by atomic mass is 9.81. The molecule has 3 atom stereocenters. The normalized spacial score (nSPS) is 26.1. The third kappa shape index (κ3) is 4.44. The van der Waals surface area contributed by atoms with E-state index in [-0.39, 0.29) is 5.54 Å². The predicted octanol–water partition coefficient (Wildman–Crippen LogP) is 2.89. The number of ether oxygens (including phenoxy) is 1. The Balaban J connectivity index is 2.73. The standard InChI is InChI=1S/C16H34N2O/c1-5-14(3)10-16(6-2,13-17)18-9-7-8-15(11-18)12-19-4/h14-15H,5-13,17H2,1-4H3. The Morgan fingerprint density at radius 3 is 2.68 bits per heavy atom. The Morgan fingerprint density at radius 2 is 2.16 bits per heavy atom. The van der Waals surface area contributed by atoms with Crippen molar-refractivity contribution in [3.8, 4) is 0 Å². The zero-order valence-electron chi connectivity index (χ0n) is 13.5. The monoisotopic (exact) mass is 270 g/mol. The molecule has 0 saturated carbocycles. The quantitative estimate of drug-likeness (QED) is 0.737. The van der Waals surface area contributed by atoms with Gasteiger partial charge in [0.25, 0.3) is 0 Å². The molecule has 0 aromatic rings. The predicted molar refractivity (Wildman–Crippen MR) is 82.3 cm³/mol. The highest BCUT2D eigenvalue weighted by Crippen LogP contribution is 2.32. The Bertz CT molecular complexity index is 239. The summed E-state index contributed by atoms with van der Waals surface area (Å²) in [6.45, 7) is 11.0. The molecule has 3 unspecified atom stereocenters. The van der Waals surface area contributed by atoms with Gasteiger partial charge in [-0.3, -0.25) is 4.90 Å². The molecule has 1 fully saturated rings. The molecule has 0 aliphatic carbocycles. The van der Waals surface area contributed by atoms with Crippen molar-refractivity contribution in [3.05, 3.63) is 0 Å². The molecule has 0 amide bonds. The van der Waals surface area contributed by atoms with Crippen molar-refractivity contribution >= 4 is 0 Å². The van der Waals surface area contributed by atoms with Gasteiger partial charge in [0, 0.05) is 25.7 Å². The van der Waals surface area contributed by atoms with Gasteiger partial charge in [0.1, 0.15) is 0 Å². The number of methoxy groups -OCH3 is 1. The van der Waals surface area contributed by atoms with E-state index in [9.17, 15) is 0 Å². The fourth-order valence-electron chi connectivity index (χ4n) is 3.51. The molecule has 2 N–H and O–H groups in total. The Labute approximate surface area is 119 Å². The lowest BCUT2D eigenvalue weighted by molar-refractivity contribution is 0.00757. The van der Waals surface area contributed by atoms with Crippen LogP contribution in [-0.2, 0) is 4.74 Å². The van der Waals surface area contributed by atoms with Gasteiger partial charge < -0.3 is 10.5 Å². The highest BCUT2D eigenvalue weighted by Gasteiger charge is 2.37. The van der Waals surface area contributed by atoms with E-state index in [0.717, 1.165) is 32.0 Å². The van der Waals surface area contributed by atoms with Crippen LogP contribution < -0.4 is 5.73 Å². The summed E-state index contributed by atoms with van der Waals surface area (Å²) in [7, 11) is 1.81. The van der Waals surface area contributed by atoms with Crippen LogP contribution in [0.15, 0.2) is 0 Å². The summed E-state index contributed by atoms with van der Waals surface area (Å²) in [6, 6.07) is 0. The molecule has 3 heteroatoms. The maximum absolute atomic E-state index is 6.20. The van der Waals surface area contributed by atoms with E-state index >= 15 is 0 Å². The summed E-state index contributed by atoms with van der Waals surface area (Å²) < 4.78 is 5.35. The molecule has 3 nitrogen and oxygen atoms in total. The fourth-order valence-corrected chi connectivity index (χ4v) is 3.51. The van der Waals surface area contributed by atoms with Crippen LogP contribution >= 0.6 is 0 Å². The number of likely N-dealkylation sites (tertiary alicyclic amines) is 1. The van der Waals surface area contributed by atoms with Crippen molar-refractivity contribution in [3.63, 3.8) is 0 Å². The SMILES string of the molecule is CCC(C)CC(CC)(CN)N1CCCC(COC)C1. The maximum atomic E-state index is 6.20. The van der Waals surface area contributed by atoms with E-state index in [1.807, 2.05) is 7.11 Å². The van der Waals surface area contributed by atoms with Crippen molar-refractivity contribution in [1.82, 2.24) is 4.90 Å². The lowest BCUT2D eigenvalue weighted by Gasteiger charge is -2.48. The molecule has 1 heterocycles. The molecule has 1 rings (SSSR count). The second kappa shape index (κ2) is 8.23. The molecule has 0 bridgehead atoms. The molecule has 0 aromatic heterocycles. The minimum absolute atomic E-state index is 0.210. The van der Waals surface area contributed by atoms with E-state index in [0.29, 0.717) is 5.92 Å². The zero-order chi connectivity index (χ0) is 14.3. The first-order valence-corrected chi connectivity index (χ1v) is 8.05. The third-order valence-electron chi connectivity index (χ3n) is 5.06. The third-order valence-corrected chi connectivity index (χ3v) is 5.06. The van der Waals surface area contributed by atoms with Crippen LogP contribution in [0.5, 0.6) is 0 Å². The Kier molecular flexibility index (Phi) is 7.33. The zero-order valence-corrected chi connectivity index (χ0v) is 13.5. The molecular formula is C16H34N2O. The van der Waals surface area contributed by atoms with Gasteiger partial charge in [-0.15, -0.1) is 0 Å². The van der Waals surface area contributed by atoms with Crippen LogP contribution in [0.1, 0.15) is 52.9 Å². The Hall–Kier alpha value is -0.120. The average Bonchev–Trinajstić information content (AvgIpc) is 2.45. The van der Waals surface area contributed by atoms with Gasteiger partial charge in [0.2, 0.25) is 0 Å². The summed E-state index contributed by atoms with van der Waals surface area (Å²) >= 11 is 0. The van der Waals surface area contributed by atoms with Crippen molar-refractivity contribution in [2.75, 3.05) is 33.4 Å². The summed E-state index contributed by atoms with van der Waals surface area (Å²) in [5.74, 6) is 1.44. The highest BCUT2D eigenvalue weighted by atomic mass is 16.5. The second-order valence-corrected chi connectivity index (χ2v) is 6.41. The van der Waals surface area contributed by atoms with Gasteiger partial charge in [0.05, 0.1) is 6.61 Å². The van der Waals surface area contributed by atoms with E-state index in [1.54, 1.807) is 0 Å². The first-order chi connectivity index (χ1) is 9.11. The number of piperidine rings is 1. The van der Waals surface area contributed by atoms with Crippen molar-refractivity contribution in [2.45, 2.75) is 58.4 Å². The van der Waals surface area contributed by atoms with Crippen molar-refractivity contribution in [1.29, 1.82) is 0 Å². The van der Waals surface area contributed by atoms with Gasteiger partial charge in [-0.05, 0) is 44.1 Å². The number of nitrogens with zero attached hydrogens (tertiary/aromatic N) is 1. The number of rotatable bonds is 8. The van der Waals surface area contributed by atoms with Crippen molar-refractivity contribution in [2.24, 2.45) is 17.6 Å². The highest BCUT2D eigenvalue weighted by molar-refractivity contribution is 4.94. The van der Waals surface area contributed by atoms with Gasteiger partial charge in [-0.25, -0.2) is 0 Å². The maximum Gasteiger partial charge on any atom is 0.0502 e. The molecule has 0 aromatic carbocycles. The van der Waals surface area contributed by atoms with Gasteiger partial charge in [0.15, 0.2) is 0 Å². The van der Waals surface area contributed by atoms with E-state index in [1.165, 1.54) is 32.2 Å². The van der Waals surface area contributed by atoms with Gasteiger partial charge >= 0.3 is 0 Å². The summed E-state index contributed by atoms with van der Waals surface area (Å²) in [5.41, 5.74) is 6.41. The molecule has 0 radical (unpaired) electrons. The molecule has 19 heavy (non-hydrogen) atoms. The summed E-state index contributed by atoms with van der Waals surface area (Å²) in [4.78, 5) is 2.67. The van der Waals surface area contributed by atoms with E-state index < -0.39 is 0 Å². The molecule has 0 spiro atoms.